The minimum absolute atomic E-state index is 0. The van der Waals surface area contributed by atoms with Gasteiger partial charge in [-0.15, -0.1) is 35.1 Å². The van der Waals surface area contributed by atoms with Crippen LogP contribution in [0.25, 0.3) is 41.3 Å². The smallest absolute Gasteiger partial charge is 0.332 e. The number of hydrogen-bond donors (Lipinski definition) is 3. The van der Waals surface area contributed by atoms with Gasteiger partial charge in [0.25, 0.3) is 11.1 Å². The average Bonchev–Trinajstić information content (AvgIpc) is 3.84. The first-order valence-electron chi connectivity index (χ1n) is 15.2. The predicted molar refractivity (Wildman–Crippen MR) is 195 cm³/mol. The molecule has 246 valence electrons. The van der Waals surface area contributed by atoms with Crippen LogP contribution in [0, 0.1) is 0 Å². The molecule has 8 rings (SSSR count). The number of aromatic amines is 2. The number of fused-ring (bicyclic) bond motifs is 2. The van der Waals surface area contributed by atoms with Crippen molar-refractivity contribution in [2.45, 2.75) is 25.4 Å². The molecule has 0 atom stereocenters. The SMILES string of the molecule is Cl.Cn1ccnc1Cn1c(=O)n(C2CCNCC2)c(=O)c2sc(-c3ccccc3)cc21.O=c1[nH]c(=O)c2sc(-c3ccccc3)cc2[nH]1. The summed E-state index contributed by atoms with van der Waals surface area (Å²) in [6.07, 6.45) is 5.15. The molecule has 1 aliphatic heterocycles. The van der Waals surface area contributed by atoms with Crippen molar-refractivity contribution >= 4 is 55.5 Å². The van der Waals surface area contributed by atoms with E-state index in [-0.39, 0.29) is 35.3 Å². The Hall–Kier alpha value is -4.82. The molecule has 0 amide bonds. The summed E-state index contributed by atoms with van der Waals surface area (Å²) in [7, 11) is 1.91. The summed E-state index contributed by atoms with van der Waals surface area (Å²) in [5, 5.41) is 3.31. The molecule has 0 aliphatic carbocycles. The van der Waals surface area contributed by atoms with Crippen molar-refractivity contribution in [3.63, 3.8) is 0 Å². The average molecular weight is 702 g/mol. The maximum atomic E-state index is 13.6. The second-order valence-electron chi connectivity index (χ2n) is 11.3. The molecule has 0 spiro atoms. The highest BCUT2D eigenvalue weighted by Crippen LogP contribution is 2.32. The van der Waals surface area contributed by atoms with Crippen molar-refractivity contribution in [1.29, 1.82) is 0 Å². The first kappa shape index (κ1) is 33.1. The lowest BCUT2D eigenvalue weighted by Crippen LogP contribution is -2.45. The molecule has 6 heterocycles. The number of aryl methyl sites for hydroxylation is 1. The van der Waals surface area contributed by atoms with Crippen LogP contribution in [0.15, 0.2) is 104 Å². The minimum Gasteiger partial charge on any atom is -0.337 e. The summed E-state index contributed by atoms with van der Waals surface area (Å²) in [5.74, 6) is 0.779. The number of benzene rings is 2. The van der Waals surface area contributed by atoms with Gasteiger partial charge in [0.1, 0.15) is 15.2 Å². The van der Waals surface area contributed by atoms with Gasteiger partial charge in [-0.05, 0) is 49.2 Å². The van der Waals surface area contributed by atoms with Crippen LogP contribution in [0.3, 0.4) is 0 Å². The van der Waals surface area contributed by atoms with E-state index in [0.717, 1.165) is 52.6 Å². The molecule has 2 aromatic carbocycles. The van der Waals surface area contributed by atoms with Gasteiger partial charge in [0.05, 0.1) is 17.6 Å². The summed E-state index contributed by atoms with van der Waals surface area (Å²) in [6, 6.07) is 23.4. The van der Waals surface area contributed by atoms with E-state index in [2.05, 4.69) is 20.3 Å². The lowest BCUT2D eigenvalue weighted by molar-refractivity contribution is 0.346. The summed E-state index contributed by atoms with van der Waals surface area (Å²) in [4.78, 5) is 60.9. The van der Waals surface area contributed by atoms with E-state index in [9.17, 15) is 19.2 Å². The highest BCUT2D eigenvalue weighted by molar-refractivity contribution is 7.22. The lowest BCUT2D eigenvalue weighted by atomic mass is 10.1. The van der Waals surface area contributed by atoms with E-state index in [1.807, 2.05) is 90.6 Å². The highest BCUT2D eigenvalue weighted by atomic mass is 35.5. The number of nitrogens with one attached hydrogen (secondary N) is 3. The zero-order valence-corrected chi connectivity index (χ0v) is 28.3. The number of imidazole rings is 1. The molecule has 7 aromatic rings. The molecule has 5 aromatic heterocycles. The van der Waals surface area contributed by atoms with Crippen LogP contribution in [0.1, 0.15) is 24.7 Å². The summed E-state index contributed by atoms with van der Waals surface area (Å²) < 4.78 is 6.27. The number of halogens is 1. The van der Waals surface area contributed by atoms with Crippen LogP contribution >= 0.6 is 35.1 Å². The minimum atomic E-state index is -0.472. The number of rotatable bonds is 5. The molecule has 0 saturated carbocycles. The zero-order chi connectivity index (χ0) is 32.5. The fourth-order valence-electron chi connectivity index (χ4n) is 5.85. The molecular weight excluding hydrogens is 670 g/mol. The van der Waals surface area contributed by atoms with Crippen LogP contribution in [-0.2, 0) is 13.6 Å². The number of H-pyrrole nitrogens is 2. The van der Waals surface area contributed by atoms with Crippen molar-refractivity contribution in [3.05, 3.63) is 133 Å². The van der Waals surface area contributed by atoms with E-state index in [1.165, 1.54) is 27.2 Å². The van der Waals surface area contributed by atoms with E-state index >= 15 is 0 Å². The normalized spacial score (nSPS) is 13.3. The fourth-order valence-corrected chi connectivity index (χ4v) is 7.97. The Kier molecular flexibility index (Phi) is 9.73. The predicted octanol–water partition coefficient (Wildman–Crippen LogP) is 4.96. The van der Waals surface area contributed by atoms with Gasteiger partial charge in [-0.2, -0.15) is 0 Å². The molecule has 14 heteroatoms. The van der Waals surface area contributed by atoms with Gasteiger partial charge in [0.2, 0.25) is 0 Å². The van der Waals surface area contributed by atoms with Crippen molar-refractivity contribution in [2.75, 3.05) is 13.1 Å². The highest BCUT2D eigenvalue weighted by Gasteiger charge is 2.24. The van der Waals surface area contributed by atoms with Gasteiger partial charge < -0.3 is 14.9 Å². The van der Waals surface area contributed by atoms with Crippen molar-refractivity contribution in [2.24, 2.45) is 7.05 Å². The van der Waals surface area contributed by atoms with Crippen LogP contribution in [-0.4, -0.2) is 41.7 Å². The van der Waals surface area contributed by atoms with Gasteiger partial charge in [0, 0.05) is 35.2 Å². The van der Waals surface area contributed by atoms with E-state index in [4.69, 9.17) is 0 Å². The van der Waals surface area contributed by atoms with Crippen molar-refractivity contribution < 1.29 is 0 Å². The van der Waals surface area contributed by atoms with Crippen LogP contribution < -0.4 is 27.8 Å². The standard InChI is InChI=1S/C22H23N5O2S.C12H8N2O2S.ClH/c1-25-12-11-24-19(25)14-26-17-13-18(15-5-3-2-4-6-15)30-20(17)21(28)27(22(26)29)16-7-9-23-10-8-16;15-11-10-8(13-12(16)14-11)6-9(17-10)7-4-2-1-3-5-7;/h2-6,11-13,16,23H,7-10,14H2,1H3;1-6H,(H2,13,14,15,16);1H. The third-order valence-electron chi connectivity index (χ3n) is 8.28. The van der Waals surface area contributed by atoms with Crippen LogP contribution in [0.2, 0.25) is 0 Å². The first-order valence-corrected chi connectivity index (χ1v) is 16.8. The van der Waals surface area contributed by atoms with Crippen LogP contribution in [0.4, 0.5) is 0 Å². The molecule has 11 nitrogen and oxygen atoms in total. The molecule has 0 unspecified atom stereocenters. The maximum Gasteiger partial charge on any atom is 0.332 e. The van der Waals surface area contributed by atoms with Gasteiger partial charge in [-0.1, -0.05) is 60.7 Å². The van der Waals surface area contributed by atoms with E-state index < -0.39 is 5.69 Å². The molecule has 1 fully saturated rings. The molecule has 0 bridgehead atoms. The van der Waals surface area contributed by atoms with Gasteiger partial charge in [-0.25, -0.2) is 14.6 Å². The quantitative estimate of drug-likeness (QED) is 0.232. The zero-order valence-electron chi connectivity index (χ0n) is 25.8. The Morgan fingerprint density at radius 2 is 1.46 bits per heavy atom. The fraction of sp³-hybridized carbons (Fsp3) is 0.206. The van der Waals surface area contributed by atoms with Crippen LogP contribution in [0.5, 0.6) is 0 Å². The Bertz CT molecular complexity index is 2430. The topological polar surface area (TPSA) is 140 Å². The largest absolute Gasteiger partial charge is 0.337 e. The third kappa shape index (κ3) is 6.49. The van der Waals surface area contributed by atoms with E-state index in [1.54, 1.807) is 10.8 Å². The van der Waals surface area contributed by atoms with Crippen molar-refractivity contribution in [3.8, 4) is 20.9 Å². The Labute approximate surface area is 287 Å². The number of nitrogens with zero attached hydrogens (tertiary/aromatic N) is 4. The summed E-state index contributed by atoms with van der Waals surface area (Å²) in [6.45, 7) is 1.95. The number of thiophene rings is 2. The first-order chi connectivity index (χ1) is 22.9. The second-order valence-corrected chi connectivity index (χ2v) is 13.4. The second kappa shape index (κ2) is 14.1. The van der Waals surface area contributed by atoms with Gasteiger partial charge in [0.15, 0.2) is 0 Å². The molecule has 1 saturated heterocycles. The van der Waals surface area contributed by atoms with E-state index in [0.29, 0.717) is 27.0 Å². The molecular formula is C34H32ClN7O4S2. The third-order valence-corrected chi connectivity index (χ3v) is 10.6. The molecule has 3 N–H and O–H groups in total. The Balaban J connectivity index is 0.000000189. The Morgan fingerprint density at radius 1 is 0.833 bits per heavy atom. The lowest BCUT2D eigenvalue weighted by Gasteiger charge is -2.25. The van der Waals surface area contributed by atoms with Crippen molar-refractivity contribution in [1.82, 2.24) is 34.0 Å². The summed E-state index contributed by atoms with van der Waals surface area (Å²) >= 11 is 2.83. The monoisotopic (exact) mass is 701 g/mol. The molecule has 0 radical (unpaired) electrons. The van der Waals surface area contributed by atoms with Gasteiger partial charge in [-0.3, -0.25) is 23.7 Å². The maximum absolute atomic E-state index is 13.6. The molecule has 48 heavy (non-hydrogen) atoms. The number of aromatic nitrogens is 6. The number of hydrogen-bond acceptors (Lipinski definition) is 8. The number of piperidine rings is 1. The summed E-state index contributed by atoms with van der Waals surface area (Å²) in [5.41, 5.74) is 2.11. The van der Waals surface area contributed by atoms with Gasteiger partial charge >= 0.3 is 11.4 Å². The molecule has 1 aliphatic rings. The Morgan fingerprint density at radius 3 is 2.08 bits per heavy atom.